The Balaban J connectivity index is 2.05. The maximum atomic E-state index is 12.3. The first-order valence-corrected chi connectivity index (χ1v) is 10.0. The van der Waals surface area contributed by atoms with Gasteiger partial charge in [0.2, 0.25) is 10.0 Å². The highest BCUT2D eigenvalue weighted by atomic mass is 32.2. The van der Waals surface area contributed by atoms with Gasteiger partial charge in [-0.25, -0.2) is 8.42 Å². The molecular weight excluding hydrogens is 352 g/mol. The molecule has 0 radical (unpaired) electrons. The third-order valence-corrected chi connectivity index (χ3v) is 5.34. The van der Waals surface area contributed by atoms with E-state index < -0.39 is 10.0 Å². The Morgan fingerprint density at radius 3 is 2.27 bits per heavy atom. The van der Waals surface area contributed by atoms with Gasteiger partial charge in [-0.05, 0) is 24.6 Å². The van der Waals surface area contributed by atoms with Gasteiger partial charge >= 0.3 is 0 Å². The van der Waals surface area contributed by atoms with Crippen LogP contribution in [0.2, 0.25) is 0 Å². The summed E-state index contributed by atoms with van der Waals surface area (Å²) in [5, 5.41) is 4.42. The van der Waals surface area contributed by atoms with Gasteiger partial charge in [0.05, 0.1) is 32.2 Å². The summed E-state index contributed by atoms with van der Waals surface area (Å²) in [6.45, 7) is 1.98. The van der Waals surface area contributed by atoms with Crippen LogP contribution < -0.4 is 9.47 Å². The molecule has 1 aliphatic rings. The van der Waals surface area contributed by atoms with E-state index in [0.29, 0.717) is 23.6 Å². The first-order valence-electron chi connectivity index (χ1n) is 8.18. The molecule has 0 unspecified atom stereocenters. The summed E-state index contributed by atoms with van der Waals surface area (Å²) in [6.07, 6.45) is 1.65. The highest BCUT2D eigenvalue weighted by molar-refractivity contribution is 7.88. The maximum Gasteiger partial charge on any atom is 0.247 e. The molecule has 0 aromatic heterocycles. The monoisotopic (exact) mass is 374 g/mol. The quantitative estimate of drug-likeness (QED) is 0.806. The van der Waals surface area contributed by atoms with Crippen molar-refractivity contribution in [2.75, 3.05) is 20.5 Å². The summed E-state index contributed by atoms with van der Waals surface area (Å²) < 4.78 is 36.4. The van der Waals surface area contributed by atoms with Crippen LogP contribution in [0, 0.1) is 6.92 Å². The zero-order valence-electron chi connectivity index (χ0n) is 15.3. The third-order valence-electron chi connectivity index (χ3n) is 4.32. The number of sulfonamides is 1. The average Bonchev–Trinajstić information content (AvgIpc) is 3.07. The van der Waals surface area contributed by atoms with Gasteiger partial charge in [0.15, 0.2) is 0 Å². The van der Waals surface area contributed by atoms with E-state index in [2.05, 4.69) is 5.10 Å². The SMILES string of the molecule is COc1cc(OC)cc(C2=NN(S(C)(=O)=O)[C@H](c3cccc(C)c3)C2)c1. The number of methoxy groups -OCH3 is 2. The number of nitrogens with zero attached hydrogens (tertiary/aromatic N) is 2. The lowest BCUT2D eigenvalue weighted by molar-refractivity contribution is 0.374. The Labute approximate surface area is 154 Å². The zero-order chi connectivity index (χ0) is 18.9. The maximum absolute atomic E-state index is 12.3. The molecule has 1 atom stereocenters. The van der Waals surface area contributed by atoms with Crippen molar-refractivity contribution in [1.82, 2.24) is 4.41 Å². The summed E-state index contributed by atoms with van der Waals surface area (Å²) >= 11 is 0. The summed E-state index contributed by atoms with van der Waals surface area (Å²) in [6, 6.07) is 12.9. The Hall–Kier alpha value is -2.54. The first-order chi connectivity index (χ1) is 12.3. The summed E-state index contributed by atoms with van der Waals surface area (Å²) in [7, 11) is -0.348. The van der Waals surface area contributed by atoms with Gasteiger partial charge in [-0.15, -0.1) is 0 Å². The molecule has 26 heavy (non-hydrogen) atoms. The summed E-state index contributed by atoms with van der Waals surface area (Å²) in [4.78, 5) is 0. The predicted octanol–water partition coefficient (Wildman–Crippen LogP) is 3.12. The number of hydrogen-bond acceptors (Lipinski definition) is 5. The molecule has 3 rings (SSSR count). The van der Waals surface area contributed by atoms with Gasteiger partial charge in [0.25, 0.3) is 0 Å². The number of hydrazone groups is 1. The molecule has 2 aromatic rings. The molecule has 1 aliphatic heterocycles. The van der Waals surface area contributed by atoms with Crippen molar-refractivity contribution in [3.63, 3.8) is 0 Å². The number of benzene rings is 2. The fraction of sp³-hybridized carbons (Fsp3) is 0.316. The van der Waals surface area contributed by atoms with Crippen molar-refractivity contribution < 1.29 is 17.9 Å². The standard InChI is InChI=1S/C19H22N2O4S/c1-13-6-5-7-14(8-13)19-12-18(20-21(19)26(4,22)23)15-9-16(24-2)11-17(10-15)25-3/h5-11,19H,12H2,1-4H3/t19-/m0/s1. The molecule has 0 N–H and O–H groups in total. The van der Waals surface area contributed by atoms with Crippen LogP contribution in [0.15, 0.2) is 47.6 Å². The Bertz CT molecular complexity index is 932. The van der Waals surface area contributed by atoms with Crippen LogP contribution in [0.5, 0.6) is 11.5 Å². The van der Waals surface area contributed by atoms with Gasteiger partial charge in [0, 0.05) is 18.1 Å². The molecule has 0 aliphatic carbocycles. The molecule has 0 amide bonds. The van der Waals surface area contributed by atoms with Crippen LogP contribution in [-0.2, 0) is 10.0 Å². The average molecular weight is 374 g/mol. The van der Waals surface area contributed by atoms with Gasteiger partial charge in [-0.3, -0.25) is 0 Å². The minimum atomic E-state index is -3.50. The highest BCUT2D eigenvalue weighted by Crippen LogP contribution is 2.36. The lowest BCUT2D eigenvalue weighted by Crippen LogP contribution is -2.25. The van der Waals surface area contributed by atoms with Crippen molar-refractivity contribution in [3.8, 4) is 11.5 Å². The van der Waals surface area contributed by atoms with Gasteiger partial charge < -0.3 is 9.47 Å². The molecule has 0 fully saturated rings. The summed E-state index contributed by atoms with van der Waals surface area (Å²) in [5.74, 6) is 1.26. The van der Waals surface area contributed by atoms with E-state index in [-0.39, 0.29) is 6.04 Å². The minimum absolute atomic E-state index is 0.364. The highest BCUT2D eigenvalue weighted by Gasteiger charge is 2.34. The Morgan fingerprint density at radius 2 is 1.73 bits per heavy atom. The number of hydrogen-bond donors (Lipinski definition) is 0. The number of aryl methyl sites for hydroxylation is 1. The van der Waals surface area contributed by atoms with E-state index in [4.69, 9.17) is 9.47 Å². The molecule has 1 heterocycles. The van der Waals surface area contributed by atoms with Crippen LogP contribution in [0.25, 0.3) is 0 Å². The molecule has 0 bridgehead atoms. The molecule has 2 aromatic carbocycles. The molecule has 138 valence electrons. The second-order valence-electron chi connectivity index (χ2n) is 6.32. The molecular formula is C19H22N2O4S. The number of rotatable bonds is 5. The van der Waals surface area contributed by atoms with E-state index in [0.717, 1.165) is 16.7 Å². The molecule has 6 nitrogen and oxygen atoms in total. The molecule has 0 saturated carbocycles. The predicted molar refractivity (Wildman–Crippen MR) is 101 cm³/mol. The van der Waals surface area contributed by atoms with E-state index in [1.54, 1.807) is 20.3 Å². The lowest BCUT2D eigenvalue weighted by Gasteiger charge is -2.21. The van der Waals surface area contributed by atoms with Crippen molar-refractivity contribution >= 4 is 15.7 Å². The molecule has 7 heteroatoms. The summed E-state index contributed by atoms with van der Waals surface area (Å²) in [5.41, 5.74) is 3.46. The Morgan fingerprint density at radius 1 is 1.08 bits per heavy atom. The van der Waals surface area contributed by atoms with Crippen molar-refractivity contribution in [2.24, 2.45) is 5.10 Å². The lowest BCUT2D eigenvalue weighted by atomic mass is 9.98. The van der Waals surface area contributed by atoms with Gasteiger partial charge in [-0.2, -0.15) is 9.52 Å². The fourth-order valence-electron chi connectivity index (χ4n) is 3.07. The largest absolute Gasteiger partial charge is 0.497 e. The van der Waals surface area contributed by atoms with Crippen LogP contribution >= 0.6 is 0 Å². The van der Waals surface area contributed by atoms with E-state index >= 15 is 0 Å². The van der Waals surface area contributed by atoms with Crippen LogP contribution in [0.4, 0.5) is 0 Å². The van der Waals surface area contributed by atoms with Crippen LogP contribution in [0.3, 0.4) is 0 Å². The van der Waals surface area contributed by atoms with Crippen molar-refractivity contribution in [1.29, 1.82) is 0 Å². The zero-order valence-corrected chi connectivity index (χ0v) is 16.1. The van der Waals surface area contributed by atoms with E-state index in [1.807, 2.05) is 43.3 Å². The molecule has 0 saturated heterocycles. The molecule has 0 spiro atoms. The smallest absolute Gasteiger partial charge is 0.247 e. The first kappa shape index (κ1) is 18.3. The van der Waals surface area contributed by atoms with Crippen LogP contribution in [-0.4, -0.2) is 39.0 Å². The van der Waals surface area contributed by atoms with Gasteiger partial charge in [0.1, 0.15) is 11.5 Å². The minimum Gasteiger partial charge on any atom is -0.497 e. The van der Waals surface area contributed by atoms with Crippen molar-refractivity contribution in [2.45, 2.75) is 19.4 Å². The number of ether oxygens (including phenoxy) is 2. The van der Waals surface area contributed by atoms with Crippen LogP contribution in [0.1, 0.15) is 29.2 Å². The normalized spacial score (nSPS) is 17.2. The second-order valence-corrected chi connectivity index (χ2v) is 8.16. The van der Waals surface area contributed by atoms with E-state index in [9.17, 15) is 8.42 Å². The van der Waals surface area contributed by atoms with E-state index in [1.165, 1.54) is 10.7 Å². The topological polar surface area (TPSA) is 68.2 Å². The van der Waals surface area contributed by atoms with Gasteiger partial charge in [-0.1, -0.05) is 29.8 Å². The third kappa shape index (κ3) is 3.67. The Kier molecular flexibility index (Phi) is 4.91. The second kappa shape index (κ2) is 6.99. The fourth-order valence-corrected chi connectivity index (χ4v) is 3.97. The van der Waals surface area contributed by atoms with Crippen molar-refractivity contribution in [3.05, 3.63) is 59.2 Å².